The molecule has 160 valence electrons. The van der Waals surface area contributed by atoms with Crippen molar-refractivity contribution >= 4 is 38.6 Å². The van der Waals surface area contributed by atoms with Crippen LogP contribution >= 0.6 is 15.9 Å². The van der Waals surface area contributed by atoms with Gasteiger partial charge in [-0.3, -0.25) is 23.4 Å². The Hall–Kier alpha value is -3.40. The molecule has 4 rings (SSSR count). The fourth-order valence-corrected chi connectivity index (χ4v) is 3.78. The number of rotatable bonds is 6. The highest BCUT2D eigenvalue weighted by atomic mass is 79.9. The lowest BCUT2D eigenvalue weighted by Gasteiger charge is -2.13. The summed E-state index contributed by atoms with van der Waals surface area (Å²) in [5, 5.41) is 7.17. The quantitative estimate of drug-likeness (QED) is 0.452. The number of carbonyl (C=O) groups excluding carboxylic acids is 1. The molecular formula is C21H20BrN5O4. The molecule has 3 heterocycles. The molecule has 1 N–H and O–H groups in total. The van der Waals surface area contributed by atoms with Crippen LogP contribution in [0.4, 0.5) is 5.69 Å². The highest BCUT2D eigenvalue weighted by Gasteiger charge is 2.22. The molecule has 0 saturated heterocycles. The number of carbonyl (C=O) groups is 1. The maximum atomic E-state index is 13.3. The van der Waals surface area contributed by atoms with E-state index in [0.29, 0.717) is 29.2 Å². The van der Waals surface area contributed by atoms with Gasteiger partial charge in [-0.25, -0.2) is 4.79 Å². The third-order valence-electron chi connectivity index (χ3n) is 4.90. The van der Waals surface area contributed by atoms with Crippen molar-refractivity contribution in [2.45, 2.75) is 33.5 Å². The lowest BCUT2D eigenvalue weighted by molar-refractivity contribution is -0.116. The standard InChI is InChI=1S/C21H20BrN5O4/c1-3-27-19-18(13(2)24-27)25(12-17(28)23-15-8-6-14(22)7-9-15)21(30)26(20(19)29)11-16-5-4-10-31-16/h4-10H,3,11-12H2,1-2H3,(H,23,28). The normalized spacial score (nSPS) is 11.2. The summed E-state index contributed by atoms with van der Waals surface area (Å²) in [6.07, 6.45) is 1.48. The maximum absolute atomic E-state index is 13.3. The topological polar surface area (TPSA) is 104 Å². The van der Waals surface area contributed by atoms with Crippen molar-refractivity contribution in [2.24, 2.45) is 0 Å². The number of nitrogens with zero attached hydrogens (tertiary/aromatic N) is 4. The summed E-state index contributed by atoms with van der Waals surface area (Å²) in [5.74, 6) is 0.0706. The molecule has 3 aromatic heterocycles. The predicted molar refractivity (Wildman–Crippen MR) is 119 cm³/mol. The first kappa shape index (κ1) is 20.9. The Morgan fingerprint density at radius 2 is 1.87 bits per heavy atom. The van der Waals surface area contributed by atoms with Gasteiger partial charge in [0.1, 0.15) is 17.8 Å². The van der Waals surface area contributed by atoms with E-state index in [2.05, 4.69) is 26.3 Å². The number of halogens is 1. The van der Waals surface area contributed by atoms with Gasteiger partial charge >= 0.3 is 5.69 Å². The molecule has 0 aliphatic carbocycles. The number of anilines is 1. The van der Waals surface area contributed by atoms with Crippen molar-refractivity contribution in [3.63, 3.8) is 0 Å². The minimum Gasteiger partial charge on any atom is -0.467 e. The van der Waals surface area contributed by atoms with Crippen molar-refractivity contribution in [3.05, 3.63) is 79.4 Å². The number of furan rings is 1. The number of amides is 1. The average molecular weight is 486 g/mol. The first-order chi connectivity index (χ1) is 14.9. The first-order valence-electron chi connectivity index (χ1n) is 9.67. The minimum absolute atomic E-state index is 0.0388. The zero-order chi connectivity index (χ0) is 22.1. The van der Waals surface area contributed by atoms with Gasteiger partial charge in [0, 0.05) is 16.7 Å². The molecular weight excluding hydrogens is 466 g/mol. The van der Waals surface area contributed by atoms with Gasteiger partial charge in [-0.2, -0.15) is 5.10 Å². The van der Waals surface area contributed by atoms with E-state index in [-0.39, 0.29) is 18.6 Å². The highest BCUT2D eigenvalue weighted by Crippen LogP contribution is 2.16. The van der Waals surface area contributed by atoms with Gasteiger partial charge in [0.05, 0.1) is 18.5 Å². The van der Waals surface area contributed by atoms with Gasteiger partial charge in [0.25, 0.3) is 5.56 Å². The van der Waals surface area contributed by atoms with Crippen molar-refractivity contribution in [2.75, 3.05) is 5.32 Å². The molecule has 0 fully saturated rings. The average Bonchev–Trinajstić information content (AvgIpc) is 3.37. The highest BCUT2D eigenvalue weighted by molar-refractivity contribution is 9.10. The third-order valence-corrected chi connectivity index (χ3v) is 5.43. The first-order valence-corrected chi connectivity index (χ1v) is 10.5. The fraction of sp³-hybridized carbons (Fsp3) is 0.238. The van der Waals surface area contributed by atoms with Gasteiger partial charge in [0.2, 0.25) is 5.91 Å². The molecule has 1 aromatic carbocycles. The van der Waals surface area contributed by atoms with Crippen LogP contribution in [0.5, 0.6) is 0 Å². The second-order valence-electron chi connectivity index (χ2n) is 6.99. The largest absolute Gasteiger partial charge is 0.467 e. The summed E-state index contributed by atoms with van der Waals surface area (Å²) in [7, 11) is 0. The molecule has 4 aromatic rings. The second kappa shape index (κ2) is 8.38. The van der Waals surface area contributed by atoms with Gasteiger partial charge in [-0.05, 0) is 50.2 Å². The number of benzene rings is 1. The molecule has 0 atom stereocenters. The van der Waals surface area contributed by atoms with Crippen molar-refractivity contribution in [1.29, 1.82) is 0 Å². The number of aryl methyl sites for hydroxylation is 2. The van der Waals surface area contributed by atoms with E-state index in [1.165, 1.54) is 10.8 Å². The lowest BCUT2D eigenvalue weighted by Crippen LogP contribution is -2.42. The van der Waals surface area contributed by atoms with Crippen LogP contribution in [0.3, 0.4) is 0 Å². The summed E-state index contributed by atoms with van der Waals surface area (Å²) in [6.45, 7) is 3.72. The van der Waals surface area contributed by atoms with Crippen molar-refractivity contribution in [3.8, 4) is 0 Å². The van der Waals surface area contributed by atoms with Gasteiger partial charge in [-0.1, -0.05) is 15.9 Å². The van der Waals surface area contributed by atoms with Crippen LogP contribution in [-0.4, -0.2) is 24.8 Å². The molecule has 9 nitrogen and oxygen atoms in total. The molecule has 10 heteroatoms. The zero-order valence-corrected chi connectivity index (χ0v) is 18.5. The summed E-state index contributed by atoms with van der Waals surface area (Å²) in [4.78, 5) is 39.2. The monoisotopic (exact) mass is 485 g/mol. The smallest absolute Gasteiger partial charge is 0.332 e. The summed E-state index contributed by atoms with van der Waals surface area (Å²) in [6, 6.07) is 10.5. The molecule has 0 spiro atoms. The van der Waals surface area contributed by atoms with Crippen LogP contribution in [0.1, 0.15) is 18.4 Å². The van der Waals surface area contributed by atoms with Crippen LogP contribution in [-0.2, 0) is 24.4 Å². The predicted octanol–water partition coefficient (Wildman–Crippen LogP) is 2.73. The van der Waals surface area contributed by atoms with Crippen LogP contribution in [0.15, 0.2) is 61.1 Å². The summed E-state index contributed by atoms with van der Waals surface area (Å²) >= 11 is 3.35. The second-order valence-corrected chi connectivity index (χ2v) is 7.91. The summed E-state index contributed by atoms with van der Waals surface area (Å²) in [5.41, 5.74) is 0.679. The number of fused-ring (bicyclic) bond motifs is 1. The Kier molecular flexibility index (Phi) is 5.64. The van der Waals surface area contributed by atoms with Crippen LogP contribution in [0.25, 0.3) is 11.0 Å². The Morgan fingerprint density at radius 1 is 1.13 bits per heavy atom. The SMILES string of the molecule is CCn1nc(C)c2c1c(=O)n(Cc1ccco1)c(=O)n2CC(=O)Nc1ccc(Br)cc1. The van der Waals surface area contributed by atoms with Crippen LogP contribution < -0.4 is 16.6 Å². The van der Waals surface area contributed by atoms with E-state index in [4.69, 9.17) is 4.42 Å². The Bertz CT molecular complexity index is 1360. The number of aromatic nitrogens is 4. The molecule has 1 amide bonds. The molecule has 0 unspecified atom stereocenters. The van der Waals surface area contributed by atoms with Gasteiger partial charge in [-0.15, -0.1) is 0 Å². The van der Waals surface area contributed by atoms with Gasteiger partial charge < -0.3 is 9.73 Å². The van der Waals surface area contributed by atoms with E-state index >= 15 is 0 Å². The Labute approximate surface area is 185 Å². The third kappa shape index (κ3) is 3.98. The molecule has 0 aliphatic rings. The Balaban J connectivity index is 1.81. The minimum atomic E-state index is -0.599. The lowest BCUT2D eigenvalue weighted by atomic mass is 10.3. The summed E-state index contributed by atoms with van der Waals surface area (Å²) < 4.78 is 10.1. The van der Waals surface area contributed by atoms with E-state index in [1.807, 2.05) is 6.92 Å². The molecule has 0 aliphatic heterocycles. The zero-order valence-electron chi connectivity index (χ0n) is 17.0. The van der Waals surface area contributed by atoms with E-state index in [9.17, 15) is 14.4 Å². The van der Waals surface area contributed by atoms with Crippen molar-refractivity contribution in [1.82, 2.24) is 18.9 Å². The maximum Gasteiger partial charge on any atom is 0.332 e. The molecule has 0 radical (unpaired) electrons. The molecule has 0 bridgehead atoms. The molecule has 0 saturated carbocycles. The fourth-order valence-electron chi connectivity index (χ4n) is 3.51. The van der Waals surface area contributed by atoms with E-state index in [1.54, 1.807) is 48.0 Å². The van der Waals surface area contributed by atoms with Crippen molar-refractivity contribution < 1.29 is 9.21 Å². The molecule has 31 heavy (non-hydrogen) atoms. The van der Waals surface area contributed by atoms with E-state index in [0.717, 1.165) is 9.04 Å². The van der Waals surface area contributed by atoms with Crippen LogP contribution in [0.2, 0.25) is 0 Å². The van der Waals surface area contributed by atoms with E-state index < -0.39 is 17.2 Å². The Morgan fingerprint density at radius 3 is 2.52 bits per heavy atom. The van der Waals surface area contributed by atoms with Crippen LogP contribution in [0, 0.1) is 6.92 Å². The number of hydrogen-bond acceptors (Lipinski definition) is 5. The number of hydrogen-bond donors (Lipinski definition) is 1. The van der Waals surface area contributed by atoms with Gasteiger partial charge in [0.15, 0.2) is 5.52 Å². The number of nitrogens with one attached hydrogen (secondary N) is 1.